The molecule has 0 bridgehead atoms. The molecule has 2 nitrogen and oxygen atoms in total. The first kappa shape index (κ1) is 9.53. The molecule has 0 aliphatic carbocycles. The highest BCUT2D eigenvalue weighted by molar-refractivity contribution is 6.32. The van der Waals surface area contributed by atoms with Gasteiger partial charge in [-0.2, -0.15) is 0 Å². The molecule has 0 N–H and O–H groups in total. The Hall–Kier alpha value is -1.02. The van der Waals surface area contributed by atoms with Gasteiger partial charge in [-0.25, -0.2) is 0 Å². The number of hydrogen-bond donors (Lipinski definition) is 0. The van der Waals surface area contributed by atoms with E-state index in [2.05, 4.69) is 4.90 Å². The Morgan fingerprint density at radius 1 is 1.57 bits per heavy atom. The number of carbonyl (C=O) groups is 1. The van der Waals surface area contributed by atoms with E-state index in [9.17, 15) is 4.79 Å². The second-order valence-corrected chi connectivity index (χ2v) is 4.03. The maximum Gasteiger partial charge on any atom is 0.127 e. The second-order valence-electron chi connectivity index (χ2n) is 3.63. The molecule has 1 atom stereocenters. The van der Waals surface area contributed by atoms with E-state index in [1.165, 1.54) is 0 Å². The van der Waals surface area contributed by atoms with Crippen LogP contribution in [0.4, 0.5) is 5.69 Å². The van der Waals surface area contributed by atoms with E-state index in [1.807, 2.05) is 25.2 Å². The Bertz CT molecular complexity index is 364. The van der Waals surface area contributed by atoms with Crippen LogP contribution in [0.3, 0.4) is 0 Å². The lowest BCUT2D eigenvalue weighted by Gasteiger charge is -2.31. The van der Waals surface area contributed by atoms with Crippen LogP contribution in [0.1, 0.15) is 17.9 Å². The summed E-state index contributed by atoms with van der Waals surface area (Å²) in [6, 6.07) is 5.78. The number of carbonyl (C=O) groups excluding carboxylic acids is 1. The lowest BCUT2D eigenvalue weighted by Crippen LogP contribution is -2.27. The first-order valence-corrected chi connectivity index (χ1v) is 5.06. The zero-order valence-corrected chi connectivity index (χ0v) is 8.79. The molecule has 0 fully saturated rings. The van der Waals surface area contributed by atoms with Crippen molar-refractivity contribution in [3.8, 4) is 0 Å². The normalized spacial score (nSPS) is 20.4. The van der Waals surface area contributed by atoms with Gasteiger partial charge in [0.15, 0.2) is 0 Å². The molecule has 14 heavy (non-hydrogen) atoms. The summed E-state index contributed by atoms with van der Waals surface area (Å²) >= 11 is 6.10. The van der Waals surface area contributed by atoms with Gasteiger partial charge in [0.25, 0.3) is 0 Å². The van der Waals surface area contributed by atoms with Crippen LogP contribution in [0.5, 0.6) is 0 Å². The van der Waals surface area contributed by atoms with Gasteiger partial charge in [0.2, 0.25) is 0 Å². The van der Waals surface area contributed by atoms with E-state index in [0.717, 1.165) is 30.5 Å². The number of hydrogen-bond acceptors (Lipinski definition) is 2. The SMILES string of the molecule is CN1CCC(C=O)c2c(Cl)cccc21. The third kappa shape index (κ3) is 1.40. The van der Waals surface area contributed by atoms with Gasteiger partial charge < -0.3 is 9.69 Å². The molecule has 0 saturated carbocycles. The standard InChI is InChI=1S/C11H12ClNO/c1-13-6-5-8(7-14)11-9(12)3-2-4-10(11)13/h2-4,7-8H,5-6H2,1H3. The molecule has 1 aliphatic heterocycles. The molecule has 1 unspecified atom stereocenters. The third-order valence-electron chi connectivity index (χ3n) is 2.75. The molecule has 0 saturated heterocycles. The third-order valence-corrected chi connectivity index (χ3v) is 3.08. The van der Waals surface area contributed by atoms with Crippen LogP contribution < -0.4 is 4.90 Å². The highest BCUT2D eigenvalue weighted by Gasteiger charge is 2.24. The minimum atomic E-state index is -0.0325. The van der Waals surface area contributed by atoms with Crippen LogP contribution in [-0.2, 0) is 4.79 Å². The molecule has 74 valence electrons. The Kier molecular flexibility index (Phi) is 2.46. The van der Waals surface area contributed by atoms with Crippen molar-refractivity contribution in [1.29, 1.82) is 0 Å². The molecule has 0 amide bonds. The average Bonchev–Trinajstić information content (AvgIpc) is 2.20. The molecule has 3 heteroatoms. The largest absolute Gasteiger partial charge is 0.374 e. The summed E-state index contributed by atoms with van der Waals surface area (Å²) in [6.07, 6.45) is 1.86. The number of benzene rings is 1. The van der Waals surface area contributed by atoms with Gasteiger partial charge in [-0.05, 0) is 18.6 Å². The van der Waals surface area contributed by atoms with Gasteiger partial charge in [0.05, 0.1) is 0 Å². The molecule has 1 heterocycles. The smallest absolute Gasteiger partial charge is 0.127 e. The van der Waals surface area contributed by atoms with Crippen molar-refractivity contribution in [3.05, 3.63) is 28.8 Å². The first-order valence-electron chi connectivity index (χ1n) is 4.69. The van der Waals surface area contributed by atoms with Gasteiger partial charge >= 0.3 is 0 Å². The van der Waals surface area contributed by atoms with Gasteiger partial charge in [-0.15, -0.1) is 0 Å². The maximum absolute atomic E-state index is 10.9. The summed E-state index contributed by atoms with van der Waals surface area (Å²) in [7, 11) is 2.02. The fraction of sp³-hybridized carbons (Fsp3) is 0.364. The summed E-state index contributed by atoms with van der Waals surface area (Å²) in [5, 5.41) is 0.700. The Labute approximate surface area is 88.5 Å². The number of halogens is 1. The van der Waals surface area contributed by atoms with E-state index in [1.54, 1.807) is 0 Å². The first-order chi connectivity index (χ1) is 6.74. The predicted octanol–water partition coefficient (Wildman–Crippen LogP) is 2.46. The fourth-order valence-electron chi connectivity index (χ4n) is 1.96. The second kappa shape index (κ2) is 3.62. The van der Waals surface area contributed by atoms with Crippen molar-refractivity contribution < 1.29 is 4.79 Å². The van der Waals surface area contributed by atoms with Crippen molar-refractivity contribution >= 4 is 23.6 Å². The van der Waals surface area contributed by atoms with Gasteiger partial charge in [0, 0.05) is 35.8 Å². The zero-order valence-electron chi connectivity index (χ0n) is 8.03. The molecular weight excluding hydrogens is 198 g/mol. The van der Waals surface area contributed by atoms with Crippen molar-refractivity contribution in [3.63, 3.8) is 0 Å². The van der Waals surface area contributed by atoms with E-state index >= 15 is 0 Å². The summed E-state index contributed by atoms with van der Waals surface area (Å²) in [4.78, 5) is 13.0. The molecule has 1 aromatic rings. The number of fused-ring (bicyclic) bond motifs is 1. The van der Waals surface area contributed by atoms with Crippen LogP contribution in [0.2, 0.25) is 5.02 Å². The molecule has 0 spiro atoms. The van der Waals surface area contributed by atoms with Crippen LogP contribution in [0.15, 0.2) is 18.2 Å². The number of nitrogens with zero attached hydrogens (tertiary/aromatic N) is 1. The van der Waals surface area contributed by atoms with E-state index in [4.69, 9.17) is 11.6 Å². The summed E-state index contributed by atoms with van der Waals surface area (Å²) in [6.45, 7) is 0.913. The number of rotatable bonds is 1. The lowest BCUT2D eigenvalue weighted by molar-refractivity contribution is -0.109. The lowest BCUT2D eigenvalue weighted by atomic mass is 9.91. The monoisotopic (exact) mass is 209 g/mol. The fourth-order valence-corrected chi connectivity index (χ4v) is 2.27. The molecule has 1 aliphatic rings. The topological polar surface area (TPSA) is 20.3 Å². The minimum Gasteiger partial charge on any atom is -0.374 e. The van der Waals surface area contributed by atoms with Crippen molar-refractivity contribution in [2.45, 2.75) is 12.3 Å². The van der Waals surface area contributed by atoms with Crippen LogP contribution in [-0.4, -0.2) is 19.9 Å². The zero-order chi connectivity index (χ0) is 10.1. The molecule has 0 radical (unpaired) electrons. The number of anilines is 1. The summed E-state index contributed by atoms with van der Waals surface area (Å²) < 4.78 is 0. The molecule has 1 aromatic carbocycles. The van der Waals surface area contributed by atoms with Crippen LogP contribution in [0.25, 0.3) is 0 Å². The average molecular weight is 210 g/mol. The summed E-state index contributed by atoms with van der Waals surface area (Å²) in [5.41, 5.74) is 2.07. The van der Waals surface area contributed by atoms with E-state index < -0.39 is 0 Å². The molecule has 0 aromatic heterocycles. The van der Waals surface area contributed by atoms with Crippen molar-refractivity contribution in [2.75, 3.05) is 18.5 Å². The van der Waals surface area contributed by atoms with Crippen molar-refractivity contribution in [1.82, 2.24) is 0 Å². The van der Waals surface area contributed by atoms with E-state index in [-0.39, 0.29) is 5.92 Å². The summed E-state index contributed by atoms with van der Waals surface area (Å²) in [5.74, 6) is -0.0325. The van der Waals surface area contributed by atoms with Crippen LogP contribution >= 0.6 is 11.6 Å². The predicted molar refractivity (Wildman–Crippen MR) is 58.1 cm³/mol. The quantitative estimate of drug-likeness (QED) is 0.663. The Morgan fingerprint density at radius 3 is 3.07 bits per heavy atom. The van der Waals surface area contributed by atoms with Gasteiger partial charge in [-0.1, -0.05) is 17.7 Å². The van der Waals surface area contributed by atoms with Gasteiger partial charge in [0.1, 0.15) is 6.29 Å². The van der Waals surface area contributed by atoms with Gasteiger partial charge in [-0.3, -0.25) is 0 Å². The molecular formula is C11H12ClNO. The highest BCUT2D eigenvalue weighted by Crippen LogP contribution is 2.37. The maximum atomic E-state index is 10.9. The Balaban J connectivity index is 2.56. The van der Waals surface area contributed by atoms with Crippen LogP contribution in [0, 0.1) is 0 Å². The van der Waals surface area contributed by atoms with Crippen molar-refractivity contribution in [2.24, 2.45) is 0 Å². The minimum absolute atomic E-state index is 0.0325. The Morgan fingerprint density at radius 2 is 2.36 bits per heavy atom. The highest BCUT2D eigenvalue weighted by atomic mass is 35.5. The van der Waals surface area contributed by atoms with E-state index in [0.29, 0.717) is 5.02 Å². The molecule has 2 rings (SSSR count). The number of aldehydes is 1.